The third-order valence-corrected chi connectivity index (χ3v) is 4.17. The average Bonchev–Trinajstić information content (AvgIpc) is 2.71. The maximum Gasteiger partial charge on any atom is 0.306 e. The summed E-state index contributed by atoms with van der Waals surface area (Å²) < 4.78 is 5.39. The van der Waals surface area contributed by atoms with E-state index in [1.165, 1.54) is 0 Å². The highest BCUT2D eigenvalue weighted by atomic mass is 16.6. The maximum absolute atomic E-state index is 12.0. The van der Waals surface area contributed by atoms with Crippen LogP contribution in [0.2, 0.25) is 0 Å². The van der Waals surface area contributed by atoms with Crippen molar-refractivity contribution in [2.45, 2.75) is 39.2 Å². The van der Waals surface area contributed by atoms with Crippen molar-refractivity contribution in [1.29, 1.82) is 0 Å². The average molecular weight is 386 g/mol. The summed E-state index contributed by atoms with van der Waals surface area (Å²) in [6.45, 7) is 5.62. The molecular weight excluding hydrogens is 360 g/mol. The zero-order valence-corrected chi connectivity index (χ0v) is 17.1. The zero-order chi connectivity index (χ0) is 20.7. The van der Waals surface area contributed by atoms with Gasteiger partial charge in [0.05, 0.1) is 5.71 Å². The Morgan fingerprint density at radius 3 is 2.07 bits per heavy atom. The number of nitrogens with zero attached hydrogens (tertiary/aromatic N) is 2. The largest absolute Gasteiger partial charge is 0.460 e. The van der Waals surface area contributed by atoms with Crippen molar-refractivity contribution in [1.82, 2.24) is 4.98 Å². The summed E-state index contributed by atoms with van der Waals surface area (Å²) >= 11 is 0. The Balaban J connectivity index is 1.84. The van der Waals surface area contributed by atoms with Crippen LogP contribution in [0.15, 0.2) is 84.0 Å². The van der Waals surface area contributed by atoms with Gasteiger partial charge in [0.1, 0.15) is 5.60 Å². The first-order valence-corrected chi connectivity index (χ1v) is 9.77. The monoisotopic (exact) mass is 386 g/mol. The third-order valence-electron chi connectivity index (χ3n) is 4.17. The lowest BCUT2D eigenvalue weighted by Gasteiger charge is -2.19. The number of esters is 1. The number of carbonyl (C=O) groups is 1. The highest BCUT2D eigenvalue weighted by Crippen LogP contribution is 2.18. The number of benzene rings is 2. The Kier molecular flexibility index (Phi) is 6.55. The van der Waals surface area contributed by atoms with Crippen molar-refractivity contribution in [3.63, 3.8) is 0 Å². The van der Waals surface area contributed by atoms with Crippen LogP contribution in [0.1, 0.15) is 43.9 Å². The first-order valence-electron chi connectivity index (χ1n) is 9.77. The first-order chi connectivity index (χ1) is 13.9. The summed E-state index contributed by atoms with van der Waals surface area (Å²) in [5.41, 5.74) is 3.46. The van der Waals surface area contributed by atoms with Gasteiger partial charge in [-0.2, -0.15) is 0 Å². The molecule has 148 valence electrons. The van der Waals surface area contributed by atoms with Crippen LogP contribution in [0.3, 0.4) is 0 Å². The molecule has 1 heterocycles. The lowest BCUT2D eigenvalue weighted by molar-refractivity contribution is -0.154. The molecule has 0 saturated heterocycles. The molecular formula is C25H26N2O2. The number of hydrogen-bond donors (Lipinski definition) is 0. The zero-order valence-electron chi connectivity index (χ0n) is 17.1. The molecule has 1 aromatic heterocycles. The number of hydrogen-bond acceptors (Lipinski definition) is 4. The van der Waals surface area contributed by atoms with Crippen LogP contribution in [0.4, 0.5) is 5.82 Å². The van der Waals surface area contributed by atoms with E-state index in [0.29, 0.717) is 18.7 Å². The van der Waals surface area contributed by atoms with E-state index in [1.807, 2.05) is 93.6 Å². The molecule has 0 aliphatic carbocycles. The molecule has 0 N–H and O–H groups in total. The van der Waals surface area contributed by atoms with Gasteiger partial charge >= 0.3 is 5.97 Å². The summed E-state index contributed by atoms with van der Waals surface area (Å²) in [5.74, 6) is 0.419. The molecule has 0 saturated carbocycles. The summed E-state index contributed by atoms with van der Waals surface area (Å²) in [7, 11) is 0. The quantitative estimate of drug-likeness (QED) is 0.414. The van der Waals surface area contributed by atoms with Gasteiger partial charge in [-0.3, -0.25) is 4.79 Å². The van der Waals surface area contributed by atoms with Crippen LogP contribution in [0, 0.1) is 0 Å². The number of aryl methyl sites for hydroxylation is 1. The van der Waals surface area contributed by atoms with Crippen LogP contribution >= 0.6 is 0 Å². The molecule has 29 heavy (non-hydrogen) atoms. The Hall–Kier alpha value is -3.27. The minimum absolute atomic E-state index is 0.200. The molecule has 3 aromatic rings. The third kappa shape index (κ3) is 6.39. The van der Waals surface area contributed by atoms with Gasteiger partial charge in [-0.25, -0.2) is 9.98 Å². The number of rotatable bonds is 6. The van der Waals surface area contributed by atoms with E-state index in [9.17, 15) is 4.79 Å². The molecule has 0 atom stereocenters. The molecule has 0 aliphatic heterocycles. The SMILES string of the molecule is CC(C)(C)OC(=O)CCc1ccnc(N=C(c2ccccc2)c2ccccc2)c1. The lowest BCUT2D eigenvalue weighted by Crippen LogP contribution is -2.24. The van der Waals surface area contributed by atoms with Gasteiger partial charge in [0.25, 0.3) is 0 Å². The van der Waals surface area contributed by atoms with Crippen molar-refractivity contribution >= 4 is 17.5 Å². The molecule has 0 radical (unpaired) electrons. The van der Waals surface area contributed by atoms with Gasteiger partial charge in [0.15, 0.2) is 5.82 Å². The molecule has 2 aromatic carbocycles. The number of aliphatic imine (C=N–C) groups is 1. The Bertz CT molecular complexity index is 933. The second kappa shape index (κ2) is 9.28. The van der Waals surface area contributed by atoms with E-state index in [1.54, 1.807) is 6.20 Å². The van der Waals surface area contributed by atoms with Crippen LogP contribution in [-0.4, -0.2) is 22.3 Å². The van der Waals surface area contributed by atoms with E-state index < -0.39 is 5.60 Å². The van der Waals surface area contributed by atoms with Gasteiger partial charge < -0.3 is 4.74 Å². The summed E-state index contributed by atoms with van der Waals surface area (Å²) in [4.78, 5) is 21.2. The standard InChI is InChI=1S/C25H26N2O2/c1-25(2,3)29-23(28)15-14-19-16-17-26-22(18-19)27-24(20-10-6-4-7-11-20)21-12-8-5-9-13-21/h4-13,16-18H,14-15H2,1-3H3. The highest BCUT2D eigenvalue weighted by Gasteiger charge is 2.16. The smallest absolute Gasteiger partial charge is 0.306 e. The molecule has 4 nitrogen and oxygen atoms in total. The van der Waals surface area contributed by atoms with Crippen LogP contribution in [-0.2, 0) is 16.0 Å². The summed E-state index contributed by atoms with van der Waals surface area (Å²) in [5, 5.41) is 0. The van der Waals surface area contributed by atoms with Gasteiger partial charge in [-0.15, -0.1) is 0 Å². The molecule has 0 bridgehead atoms. The second-order valence-electron chi connectivity index (χ2n) is 7.80. The van der Waals surface area contributed by atoms with Gasteiger partial charge in [-0.05, 0) is 44.9 Å². The van der Waals surface area contributed by atoms with Crippen molar-refractivity contribution in [3.8, 4) is 0 Å². The number of pyridine rings is 1. The molecule has 0 aliphatic rings. The fraction of sp³-hybridized carbons (Fsp3) is 0.240. The highest BCUT2D eigenvalue weighted by molar-refractivity contribution is 6.13. The fourth-order valence-corrected chi connectivity index (χ4v) is 2.92. The van der Waals surface area contributed by atoms with Gasteiger partial charge in [-0.1, -0.05) is 60.7 Å². The van der Waals surface area contributed by atoms with E-state index in [-0.39, 0.29) is 5.97 Å². The predicted octanol–water partition coefficient (Wildman–Crippen LogP) is 5.53. The van der Waals surface area contributed by atoms with Crippen molar-refractivity contribution in [2.75, 3.05) is 0 Å². The molecule has 0 amide bonds. The summed E-state index contributed by atoms with van der Waals surface area (Å²) in [6, 6.07) is 24.0. The second-order valence-corrected chi connectivity index (χ2v) is 7.80. The Labute approximate surface area is 172 Å². The molecule has 3 rings (SSSR count). The van der Waals surface area contributed by atoms with Crippen molar-refractivity contribution in [3.05, 3.63) is 95.7 Å². The normalized spacial score (nSPS) is 11.0. The predicted molar refractivity (Wildman–Crippen MR) is 117 cm³/mol. The van der Waals surface area contributed by atoms with Crippen molar-refractivity contribution in [2.24, 2.45) is 4.99 Å². The van der Waals surface area contributed by atoms with Crippen LogP contribution in [0.25, 0.3) is 0 Å². The molecule has 0 spiro atoms. The lowest BCUT2D eigenvalue weighted by atomic mass is 10.0. The number of carbonyl (C=O) groups excluding carboxylic acids is 1. The minimum Gasteiger partial charge on any atom is -0.460 e. The minimum atomic E-state index is -0.467. The van der Waals surface area contributed by atoms with Crippen LogP contribution in [0.5, 0.6) is 0 Å². The fourth-order valence-electron chi connectivity index (χ4n) is 2.92. The molecule has 0 unspecified atom stereocenters. The van der Waals surface area contributed by atoms with Crippen molar-refractivity contribution < 1.29 is 9.53 Å². The molecule has 0 fully saturated rings. The van der Waals surface area contributed by atoms with Gasteiger partial charge in [0.2, 0.25) is 0 Å². The van der Waals surface area contributed by atoms with Gasteiger partial charge in [0, 0.05) is 23.7 Å². The van der Waals surface area contributed by atoms with E-state index in [4.69, 9.17) is 9.73 Å². The van der Waals surface area contributed by atoms with Crippen LogP contribution < -0.4 is 0 Å². The Morgan fingerprint density at radius 1 is 0.931 bits per heavy atom. The number of ether oxygens (including phenoxy) is 1. The number of aromatic nitrogens is 1. The molecule has 4 heteroatoms. The topological polar surface area (TPSA) is 51.5 Å². The van der Waals surface area contributed by atoms with E-state index >= 15 is 0 Å². The maximum atomic E-state index is 12.0. The van der Waals surface area contributed by atoms with E-state index in [0.717, 1.165) is 22.4 Å². The Morgan fingerprint density at radius 2 is 1.52 bits per heavy atom. The summed E-state index contributed by atoms with van der Waals surface area (Å²) in [6.07, 6.45) is 2.65. The van der Waals surface area contributed by atoms with E-state index in [2.05, 4.69) is 4.98 Å². The first kappa shape index (κ1) is 20.5.